The number of rotatable bonds is 4. The van der Waals surface area contributed by atoms with Crippen LogP contribution in [0.1, 0.15) is 47.2 Å². The Balaban J connectivity index is 1.50. The van der Waals surface area contributed by atoms with Gasteiger partial charge in [-0.3, -0.25) is 9.59 Å². The molecule has 6 heteroatoms. The number of phenolic OH excluding ortho intramolecular Hbond substituents is 1. The van der Waals surface area contributed by atoms with Crippen molar-refractivity contribution in [2.75, 3.05) is 5.32 Å². The number of azo groups is 1. The van der Waals surface area contributed by atoms with Crippen LogP contribution >= 0.6 is 0 Å². The van der Waals surface area contributed by atoms with Gasteiger partial charge in [-0.25, -0.2) is 0 Å². The smallest absolute Gasteiger partial charge is 0.291 e. The van der Waals surface area contributed by atoms with Crippen molar-refractivity contribution in [3.63, 3.8) is 0 Å². The molecule has 4 rings (SSSR count). The van der Waals surface area contributed by atoms with Crippen molar-refractivity contribution in [2.45, 2.75) is 45.1 Å². The highest BCUT2D eigenvalue weighted by atomic mass is 16.3. The fourth-order valence-corrected chi connectivity index (χ4v) is 3.99. The highest BCUT2D eigenvalue weighted by molar-refractivity contribution is 6.06. The fourth-order valence-electron chi connectivity index (χ4n) is 3.99. The lowest BCUT2D eigenvalue weighted by Crippen LogP contribution is -2.23. The van der Waals surface area contributed by atoms with Crippen LogP contribution in [0.25, 0.3) is 0 Å². The number of benzene rings is 2. The number of carbonyl (C=O) groups is 2. The van der Waals surface area contributed by atoms with E-state index >= 15 is 0 Å². The lowest BCUT2D eigenvalue weighted by molar-refractivity contribution is -0.115. The minimum Gasteiger partial charge on any atom is -0.507 e. The van der Waals surface area contributed by atoms with E-state index in [4.69, 9.17) is 0 Å². The summed E-state index contributed by atoms with van der Waals surface area (Å²) in [7, 11) is 0. The van der Waals surface area contributed by atoms with Crippen LogP contribution in [0.4, 0.5) is 5.69 Å². The maximum Gasteiger partial charge on any atom is 0.291 e. The van der Waals surface area contributed by atoms with E-state index in [1.807, 2.05) is 31.2 Å². The van der Waals surface area contributed by atoms with Gasteiger partial charge in [0.05, 0.1) is 11.6 Å². The van der Waals surface area contributed by atoms with Crippen molar-refractivity contribution >= 4 is 17.5 Å². The number of phenols is 1. The van der Waals surface area contributed by atoms with Crippen molar-refractivity contribution in [1.29, 1.82) is 0 Å². The average Bonchev–Trinajstić information content (AvgIpc) is 2.70. The molecule has 0 saturated carbocycles. The molecule has 1 heterocycles. The van der Waals surface area contributed by atoms with E-state index in [9.17, 15) is 14.7 Å². The zero-order valence-corrected chi connectivity index (χ0v) is 16.3. The largest absolute Gasteiger partial charge is 0.507 e. The highest BCUT2D eigenvalue weighted by Crippen LogP contribution is 2.34. The minimum atomic E-state index is -0.361. The molecule has 0 radical (unpaired) electrons. The Morgan fingerprint density at radius 2 is 2.00 bits per heavy atom. The number of nitrogens with zero attached hydrogens (tertiary/aromatic N) is 2. The van der Waals surface area contributed by atoms with E-state index in [0.717, 1.165) is 48.0 Å². The molecule has 29 heavy (non-hydrogen) atoms. The third-order valence-electron chi connectivity index (χ3n) is 5.47. The lowest BCUT2D eigenvalue weighted by atomic mass is 9.84. The molecule has 0 bridgehead atoms. The van der Waals surface area contributed by atoms with Gasteiger partial charge >= 0.3 is 0 Å². The fraction of sp³-hybridized carbons (Fsp3) is 0.304. The van der Waals surface area contributed by atoms with Crippen LogP contribution in [0, 0.1) is 6.92 Å². The SMILES string of the molecule is Cc1ccc(C(=O)Nc2cccc(CC3N=NC(=O)C4=C3CCCC4)c2)c(O)c1. The number of aryl methyl sites for hydroxylation is 1. The van der Waals surface area contributed by atoms with Gasteiger partial charge in [-0.15, -0.1) is 5.11 Å². The summed E-state index contributed by atoms with van der Waals surface area (Å²) in [6.07, 6.45) is 4.43. The molecule has 148 valence electrons. The monoisotopic (exact) mass is 389 g/mol. The third kappa shape index (κ3) is 4.11. The molecule has 1 unspecified atom stereocenters. The summed E-state index contributed by atoms with van der Waals surface area (Å²) >= 11 is 0. The van der Waals surface area contributed by atoms with Crippen LogP contribution < -0.4 is 5.32 Å². The molecule has 6 nitrogen and oxygen atoms in total. The number of aromatic hydroxyl groups is 1. The van der Waals surface area contributed by atoms with E-state index in [1.54, 1.807) is 18.2 Å². The number of carbonyl (C=O) groups excluding carboxylic acids is 2. The summed E-state index contributed by atoms with van der Waals surface area (Å²) in [6, 6.07) is 12.4. The van der Waals surface area contributed by atoms with Gasteiger partial charge in [0, 0.05) is 17.7 Å². The Kier molecular flexibility index (Phi) is 5.25. The van der Waals surface area contributed by atoms with E-state index < -0.39 is 0 Å². The molecule has 2 aliphatic rings. The molecule has 2 aromatic carbocycles. The topological polar surface area (TPSA) is 91.1 Å². The maximum absolute atomic E-state index is 12.5. The van der Waals surface area contributed by atoms with Crippen LogP contribution in [0.15, 0.2) is 63.8 Å². The van der Waals surface area contributed by atoms with E-state index in [-0.39, 0.29) is 29.2 Å². The second-order valence-electron chi connectivity index (χ2n) is 7.63. The van der Waals surface area contributed by atoms with Crippen molar-refractivity contribution in [1.82, 2.24) is 0 Å². The molecule has 2 amide bonds. The Labute approximate surface area is 169 Å². The molecule has 0 saturated heterocycles. The molecule has 1 aliphatic carbocycles. The van der Waals surface area contributed by atoms with E-state index in [1.165, 1.54) is 0 Å². The molecule has 2 aromatic rings. The highest BCUT2D eigenvalue weighted by Gasteiger charge is 2.28. The van der Waals surface area contributed by atoms with Crippen LogP contribution in [-0.4, -0.2) is 23.0 Å². The zero-order chi connectivity index (χ0) is 20.4. The standard InChI is InChI=1S/C23H23N3O3/c1-14-9-10-19(21(27)11-14)22(28)24-16-6-4-5-15(12-16)13-20-17-7-2-3-8-18(17)23(29)26-25-20/h4-6,9-12,20,27H,2-3,7-8,13H2,1H3,(H,24,28). The van der Waals surface area contributed by atoms with Crippen LogP contribution in [-0.2, 0) is 11.2 Å². The predicted octanol–water partition coefficient (Wildman–Crippen LogP) is 4.73. The molecule has 0 fully saturated rings. The normalized spacial score (nSPS) is 18.5. The number of hydrogen-bond acceptors (Lipinski definition) is 4. The molecule has 1 atom stereocenters. The Bertz CT molecular complexity index is 1040. The van der Waals surface area contributed by atoms with Gasteiger partial charge in [0.15, 0.2) is 0 Å². The molecular formula is C23H23N3O3. The predicted molar refractivity (Wildman–Crippen MR) is 110 cm³/mol. The van der Waals surface area contributed by atoms with Crippen molar-refractivity contribution < 1.29 is 14.7 Å². The van der Waals surface area contributed by atoms with Gasteiger partial charge in [-0.2, -0.15) is 5.11 Å². The van der Waals surface area contributed by atoms with E-state index in [0.29, 0.717) is 12.1 Å². The van der Waals surface area contributed by atoms with E-state index in [2.05, 4.69) is 15.5 Å². The van der Waals surface area contributed by atoms with Crippen molar-refractivity contribution in [3.05, 3.63) is 70.3 Å². The van der Waals surface area contributed by atoms with Gasteiger partial charge in [0.1, 0.15) is 5.75 Å². The summed E-state index contributed by atoms with van der Waals surface area (Å²) in [5.74, 6) is -0.586. The first-order valence-electron chi connectivity index (χ1n) is 9.88. The van der Waals surface area contributed by atoms with Crippen LogP contribution in [0.3, 0.4) is 0 Å². The summed E-state index contributed by atoms with van der Waals surface area (Å²) in [4.78, 5) is 24.5. The van der Waals surface area contributed by atoms with Crippen molar-refractivity contribution in [3.8, 4) is 5.75 Å². The molecule has 2 N–H and O–H groups in total. The zero-order valence-electron chi connectivity index (χ0n) is 16.3. The first-order chi connectivity index (χ1) is 14.0. The van der Waals surface area contributed by atoms with Gasteiger partial charge < -0.3 is 10.4 Å². The van der Waals surface area contributed by atoms with Gasteiger partial charge in [-0.1, -0.05) is 18.2 Å². The Morgan fingerprint density at radius 1 is 1.17 bits per heavy atom. The summed E-state index contributed by atoms with van der Waals surface area (Å²) in [5.41, 5.74) is 4.74. The number of hydrogen-bond donors (Lipinski definition) is 2. The Hall–Kier alpha value is -3.28. The van der Waals surface area contributed by atoms with Crippen LogP contribution in [0.5, 0.6) is 5.75 Å². The number of anilines is 1. The van der Waals surface area contributed by atoms with Gasteiger partial charge in [-0.05, 0) is 73.6 Å². The minimum absolute atomic E-state index is 0.0392. The maximum atomic E-state index is 12.5. The van der Waals surface area contributed by atoms with Crippen LogP contribution in [0.2, 0.25) is 0 Å². The molecule has 0 spiro atoms. The first kappa shape index (κ1) is 19.1. The summed E-state index contributed by atoms with van der Waals surface area (Å²) < 4.78 is 0. The molecule has 0 aromatic heterocycles. The second kappa shape index (κ2) is 7.99. The van der Waals surface area contributed by atoms with Crippen molar-refractivity contribution in [2.24, 2.45) is 10.2 Å². The van der Waals surface area contributed by atoms with Gasteiger partial charge in [0.25, 0.3) is 11.8 Å². The molecule has 1 aliphatic heterocycles. The quantitative estimate of drug-likeness (QED) is 0.792. The Morgan fingerprint density at radius 3 is 2.83 bits per heavy atom. The third-order valence-corrected chi connectivity index (χ3v) is 5.47. The molecular weight excluding hydrogens is 366 g/mol. The average molecular weight is 389 g/mol. The summed E-state index contributed by atoms with van der Waals surface area (Å²) in [6.45, 7) is 1.86. The number of nitrogens with one attached hydrogen (secondary N) is 1. The van der Waals surface area contributed by atoms with Gasteiger partial charge in [0.2, 0.25) is 0 Å². The summed E-state index contributed by atoms with van der Waals surface area (Å²) in [5, 5.41) is 21.0. The lowest BCUT2D eigenvalue weighted by Gasteiger charge is -2.25. The first-order valence-corrected chi connectivity index (χ1v) is 9.88. The number of amides is 2. The second-order valence-corrected chi connectivity index (χ2v) is 7.63.